The molecule has 1 aromatic carbocycles. The van der Waals surface area contributed by atoms with Crippen LogP contribution in [0, 0.1) is 19.8 Å². The number of aromatic nitrogens is 1. The molecule has 5 nitrogen and oxygen atoms in total. The van der Waals surface area contributed by atoms with Crippen molar-refractivity contribution in [1.82, 2.24) is 4.98 Å². The summed E-state index contributed by atoms with van der Waals surface area (Å²) in [6.45, 7) is 4.07. The normalized spacial score (nSPS) is 25.2. The second-order valence-electron chi connectivity index (χ2n) is 6.71. The van der Waals surface area contributed by atoms with E-state index in [1.165, 1.54) is 11.3 Å². The number of carbonyl (C=O) groups is 1. The number of benzene rings is 1. The number of hydrogen-bond acceptors (Lipinski definition) is 5. The fourth-order valence-corrected chi connectivity index (χ4v) is 6.62. The van der Waals surface area contributed by atoms with Crippen LogP contribution in [0.1, 0.15) is 17.5 Å². The molecule has 0 radical (unpaired) electrons. The maximum atomic E-state index is 12.4. The molecule has 7 heteroatoms. The van der Waals surface area contributed by atoms with E-state index in [1.54, 1.807) is 4.90 Å². The van der Waals surface area contributed by atoms with E-state index in [0.717, 1.165) is 22.4 Å². The lowest BCUT2D eigenvalue weighted by Gasteiger charge is -2.19. The number of thiazole rings is 1. The molecule has 2 atom stereocenters. The van der Waals surface area contributed by atoms with Crippen LogP contribution in [0.4, 0.5) is 5.13 Å². The Labute approximate surface area is 145 Å². The third kappa shape index (κ3) is 2.56. The Balaban J connectivity index is 1.70. The predicted octanol–water partition coefficient (Wildman–Crippen LogP) is 2.58. The van der Waals surface area contributed by atoms with Crippen LogP contribution in [0.3, 0.4) is 0 Å². The lowest BCUT2D eigenvalue weighted by molar-refractivity contribution is -0.117. The highest BCUT2D eigenvalue weighted by Crippen LogP contribution is 2.39. The van der Waals surface area contributed by atoms with E-state index in [1.807, 2.05) is 19.2 Å². The lowest BCUT2D eigenvalue weighted by atomic mass is 10.0. The van der Waals surface area contributed by atoms with Gasteiger partial charge in [-0.1, -0.05) is 17.7 Å². The summed E-state index contributed by atoms with van der Waals surface area (Å²) in [5.74, 6) is 0.0778. The van der Waals surface area contributed by atoms with Gasteiger partial charge in [0.05, 0.1) is 23.2 Å². The maximum Gasteiger partial charge on any atom is 0.229 e. The second kappa shape index (κ2) is 5.39. The highest BCUT2D eigenvalue weighted by atomic mass is 32.2. The first-order valence-electron chi connectivity index (χ1n) is 7.90. The fourth-order valence-electron chi connectivity index (χ4n) is 3.65. The highest BCUT2D eigenvalue weighted by Gasteiger charge is 2.50. The van der Waals surface area contributed by atoms with E-state index in [0.29, 0.717) is 11.6 Å². The van der Waals surface area contributed by atoms with Gasteiger partial charge in [0.1, 0.15) is 0 Å². The summed E-state index contributed by atoms with van der Waals surface area (Å²) in [5, 5.41) is 2.56. The van der Waals surface area contributed by atoms with E-state index in [-0.39, 0.29) is 29.4 Å². The molecule has 2 saturated heterocycles. The molecule has 0 bridgehead atoms. The molecule has 126 valence electrons. The zero-order valence-corrected chi connectivity index (χ0v) is 15.2. The first-order valence-corrected chi connectivity index (χ1v) is 10.6. The summed E-state index contributed by atoms with van der Waals surface area (Å²) in [6, 6.07) is 5.96. The minimum atomic E-state index is -3.04. The SMILES string of the molecule is Cc1ccc(C)c(-c2csc(N3C(=O)C[C@H]4CS(=O)(=O)C[C@@H]43)n2)c1. The average molecular weight is 362 g/mol. The van der Waals surface area contributed by atoms with Crippen molar-refractivity contribution in [3.8, 4) is 11.3 Å². The number of carbonyl (C=O) groups excluding carboxylic acids is 1. The Morgan fingerprint density at radius 2 is 2.04 bits per heavy atom. The Morgan fingerprint density at radius 1 is 1.25 bits per heavy atom. The van der Waals surface area contributed by atoms with Crippen molar-refractivity contribution in [3.05, 3.63) is 34.7 Å². The molecule has 1 amide bonds. The van der Waals surface area contributed by atoms with Gasteiger partial charge in [-0.05, 0) is 25.5 Å². The van der Waals surface area contributed by atoms with Crippen molar-refractivity contribution >= 4 is 32.2 Å². The Kier molecular flexibility index (Phi) is 3.54. The summed E-state index contributed by atoms with van der Waals surface area (Å²) in [4.78, 5) is 18.6. The molecule has 24 heavy (non-hydrogen) atoms. The number of hydrogen-bond donors (Lipinski definition) is 0. The third-order valence-corrected chi connectivity index (χ3v) is 7.47. The second-order valence-corrected chi connectivity index (χ2v) is 9.70. The van der Waals surface area contributed by atoms with Crippen LogP contribution in [-0.2, 0) is 14.6 Å². The highest BCUT2D eigenvalue weighted by molar-refractivity contribution is 7.91. The molecule has 2 aliphatic heterocycles. The summed E-state index contributed by atoms with van der Waals surface area (Å²) < 4.78 is 23.8. The van der Waals surface area contributed by atoms with Crippen LogP contribution in [0.5, 0.6) is 0 Å². The average Bonchev–Trinajstić information content (AvgIpc) is 3.13. The van der Waals surface area contributed by atoms with E-state index in [4.69, 9.17) is 0 Å². The van der Waals surface area contributed by atoms with E-state index in [2.05, 4.69) is 23.2 Å². The van der Waals surface area contributed by atoms with Gasteiger partial charge in [0.2, 0.25) is 5.91 Å². The number of rotatable bonds is 2. The number of aryl methyl sites for hydroxylation is 2. The van der Waals surface area contributed by atoms with Crippen molar-refractivity contribution < 1.29 is 13.2 Å². The van der Waals surface area contributed by atoms with Crippen LogP contribution in [0.25, 0.3) is 11.3 Å². The molecule has 2 aliphatic rings. The molecule has 1 aromatic heterocycles. The maximum absolute atomic E-state index is 12.4. The van der Waals surface area contributed by atoms with Crippen molar-refractivity contribution in [2.45, 2.75) is 26.3 Å². The van der Waals surface area contributed by atoms with Gasteiger partial charge in [-0.15, -0.1) is 11.3 Å². The predicted molar refractivity (Wildman–Crippen MR) is 95.1 cm³/mol. The summed E-state index contributed by atoms with van der Waals surface area (Å²) >= 11 is 1.41. The van der Waals surface area contributed by atoms with Gasteiger partial charge >= 0.3 is 0 Å². The van der Waals surface area contributed by atoms with Crippen LogP contribution >= 0.6 is 11.3 Å². The quantitative estimate of drug-likeness (QED) is 0.823. The molecule has 3 heterocycles. The summed E-state index contributed by atoms with van der Waals surface area (Å²) in [6.07, 6.45) is 0.308. The van der Waals surface area contributed by atoms with Gasteiger partial charge in [0.25, 0.3) is 0 Å². The number of nitrogens with zero attached hydrogens (tertiary/aromatic N) is 2. The van der Waals surface area contributed by atoms with Crippen molar-refractivity contribution in [3.63, 3.8) is 0 Å². The van der Waals surface area contributed by atoms with E-state index < -0.39 is 9.84 Å². The fraction of sp³-hybridized carbons (Fsp3) is 0.412. The van der Waals surface area contributed by atoms with Crippen LogP contribution in [-0.4, -0.2) is 36.9 Å². The number of anilines is 1. The largest absolute Gasteiger partial charge is 0.284 e. The first kappa shape index (κ1) is 15.8. The molecule has 2 fully saturated rings. The smallest absolute Gasteiger partial charge is 0.229 e. The standard InChI is InChI=1S/C17H18N2O3S2/c1-10-3-4-11(2)13(5-10)14-7-23-17(18-14)19-15-9-24(21,22)8-12(15)6-16(19)20/h3-5,7,12,15H,6,8-9H2,1-2H3/t12-,15-/m0/s1. The molecule has 0 spiro atoms. The van der Waals surface area contributed by atoms with Gasteiger partial charge in [-0.2, -0.15) is 0 Å². The van der Waals surface area contributed by atoms with Gasteiger partial charge in [0.15, 0.2) is 15.0 Å². The zero-order valence-electron chi connectivity index (χ0n) is 13.5. The molecule has 0 N–H and O–H groups in total. The molecule has 0 saturated carbocycles. The third-order valence-electron chi connectivity index (χ3n) is 4.84. The lowest BCUT2D eigenvalue weighted by Crippen LogP contribution is -2.36. The van der Waals surface area contributed by atoms with Crippen molar-refractivity contribution in [1.29, 1.82) is 0 Å². The van der Waals surface area contributed by atoms with Gasteiger partial charge in [-0.25, -0.2) is 13.4 Å². The minimum Gasteiger partial charge on any atom is -0.284 e. The van der Waals surface area contributed by atoms with Crippen LogP contribution in [0.2, 0.25) is 0 Å². The minimum absolute atomic E-state index is 0.0123. The number of amides is 1. The topological polar surface area (TPSA) is 67.3 Å². The van der Waals surface area contributed by atoms with Gasteiger partial charge in [-0.3, -0.25) is 9.69 Å². The first-order chi connectivity index (χ1) is 11.3. The summed E-state index contributed by atoms with van der Waals surface area (Å²) in [7, 11) is -3.04. The van der Waals surface area contributed by atoms with Gasteiger partial charge in [0, 0.05) is 23.3 Å². The Bertz CT molecular complexity index is 933. The molecule has 2 aromatic rings. The van der Waals surface area contributed by atoms with Crippen LogP contribution in [0.15, 0.2) is 23.6 Å². The molecule has 4 rings (SSSR count). The zero-order chi connectivity index (χ0) is 17.1. The van der Waals surface area contributed by atoms with Crippen molar-refractivity contribution in [2.75, 3.05) is 16.4 Å². The van der Waals surface area contributed by atoms with Gasteiger partial charge < -0.3 is 0 Å². The summed E-state index contributed by atoms with van der Waals surface area (Å²) in [5.41, 5.74) is 4.18. The molecular formula is C17H18N2O3S2. The number of sulfone groups is 1. The molecule has 0 aliphatic carbocycles. The van der Waals surface area contributed by atoms with E-state index in [9.17, 15) is 13.2 Å². The number of fused-ring (bicyclic) bond motifs is 1. The molecule has 0 unspecified atom stereocenters. The van der Waals surface area contributed by atoms with Crippen LogP contribution < -0.4 is 4.90 Å². The Hall–Kier alpha value is -1.73. The van der Waals surface area contributed by atoms with Crippen molar-refractivity contribution in [2.24, 2.45) is 5.92 Å². The monoisotopic (exact) mass is 362 g/mol. The Morgan fingerprint density at radius 3 is 2.83 bits per heavy atom. The molecular weight excluding hydrogens is 344 g/mol. The van der Waals surface area contributed by atoms with E-state index >= 15 is 0 Å².